The molecular weight excluding hydrogens is 302 g/mol. The van der Waals surface area contributed by atoms with Gasteiger partial charge in [-0.2, -0.15) is 0 Å². The molecule has 2 heterocycles. The van der Waals surface area contributed by atoms with Crippen molar-refractivity contribution in [1.82, 2.24) is 10.3 Å². The van der Waals surface area contributed by atoms with Crippen molar-refractivity contribution in [2.24, 2.45) is 5.92 Å². The highest BCUT2D eigenvalue weighted by molar-refractivity contribution is 5.73. The largest absolute Gasteiger partial charge is 0.373 e. The van der Waals surface area contributed by atoms with E-state index in [1.807, 2.05) is 13.1 Å². The molecule has 1 aromatic rings. The summed E-state index contributed by atoms with van der Waals surface area (Å²) in [7, 11) is 1.89. The number of ether oxygens (including phenoxy) is 1. The van der Waals surface area contributed by atoms with E-state index in [2.05, 4.69) is 21.7 Å². The fourth-order valence-electron chi connectivity index (χ4n) is 4.26. The Labute approximate surface area is 144 Å². The molecule has 3 rings (SSSR count). The first-order valence-corrected chi connectivity index (χ1v) is 9.22. The average molecular weight is 331 g/mol. The van der Waals surface area contributed by atoms with Gasteiger partial charge in [0.25, 0.3) is 0 Å². The smallest absolute Gasteiger partial charge is 0.217 e. The van der Waals surface area contributed by atoms with Crippen LogP contribution in [0.3, 0.4) is 0 Å². The summed E-state index contributed by atoms with van der Waals surface area (Å²) in [5.41, 5.74) is 1.09. The minimum atomic E-state index is -0.0151. The molecule has 5 heteroatoms. The molecule has 132 valence electrons. The molecule has 0 unspecified atom stereocenters. The van der Waals surface area contributed by atoms with Crippen LogP contribution in [0.15, 0.2) is 18.3 Å². The van der Waals surface area contributed by atoms with Gasteiger partial charge in [-0.05, 0) is 37.7 Å². The molecule has 2 N–H and O–H groups in total. The summed E-state index contributed by atoms with van der Waals surface area (Å²) in [5, 5.41) is 6.29. The lowest BCUT2D eigenvalue weighted by molar-refractivity contribution is -0.124. The molecular formula is C19H29N3O2. The van der Waals surface area contributed by atoms with Crippen LogP contribution >= 0.6 is 0 Å². The number of hydrogen-bond donors (Lipinski definition) is 2. The monoisotopic (exact) mass is 331 g/mol. The molecule has 2 aliphatic rings. The second-order valence-electron chi connectivity index (χ2n) is 7.12. The van der Waals surface area contributed by atoms with E-state index < -0.39 is 0 Å². The quantitative estimate of drug-likeness (QED) is 0.887. The van der Waals surface area contributed by atoms with Gasteiger partial charge in [-0.15, -0.1) is 0 Å². The number of nitrogens with one attached hydrogen (secondary N) is 2. The van der Waals surface area contributed by atoms with Crippen molar-refractivity contribution in [3.63, 3.8) is 0 Å². The third kappa shape index (κ3) is 4.07. The van der Waals surface area contributed by atoms with Crippen molar-refractivity contribution >= 4 is 11.7 Å². The summed E-state index contributed by atoms with van der Waals surface area (Å²) >= 11 is 0. The number of carbonyl (C=O) groups is 1. The van der Waals surface area contributed by atoms with Gasteiger partial charge in [-0.1, -0.05) is 25.3 Å². The SMILES string of the molecule is CNc1ncccc1[C@H]1C[C@@H](NC(C)=O)C[C@@H](C2CCCCC2)O1. The third-order valence-corrected chi connectivity index (χ3v) is 5.36. The van der Waals surface area contributed by atoms with Gasteiger partial charge in [0.1, 0.15) is 5.82 Å². The van der Waals surface area contributed by atoms with Crippen molar-refractivity contribution < 1.29 is 9.53 Å². The average Bonchev–Trinajstić information content (AvgIpc) is 2.61. The zero-order chi connectivity index (χ0) is 16.9. The van der Waals surface area contributed by atoms with Crippen LogP contribution in [0.5, 0.6) is 0 Å². The lowest BCUT2D eigenvalue weighted by Gasteiger charge is -2.41. The van der Waals surface area contributed by atoms with Crippen molar-refractivity contribution in [3.05, 3.63) is 23.9 Å². The van der Waals surface area contributed by atoms with Crippen molar-refractivity contribution in [1.29, 1.82) is 0 Å². The summed E-state index contributed by atoms with van der Waals surface area (Å²) in [5.74, 6) is 1.53. The molecule has 1 aliphatic carbocycles. The van der Waals surface area contributed by atoms with E-state index in [1.165, 1.54) is 32.1 Å². The summed E-state index contributed by atoms with van der Waals surface area (Å²) in [6.07, 6.45) is 10.2. The zero-order valence-electron chi connectivity index (χ0n) is 14.8. The molecule has 0 spiro atoms. The van der Waals surface area contributed by atoms with Gasteiger partial charge in [0.15, 0.2) is 0 Å². The second kappa shape index (κ2) is 7.97. The van der Waals surface area contributed by atoms with Gasteiger partial charge < -0.3 is 15.4 Å². The molecule has 5 nitrogen and oxygen atoms in total. The number of pyridine rings is 1. The maximum Gasteiger partial charge on any atom is 0.217 e. The molecule has 3 atom stereocenters. The van der Waals surface area contributed by atoms with E-state index in [9.17, 15) is 4.79 Å². The Morgan fingerprint density at radius 2 is 2.04 bits per heavy atom. The number of amides is 1. The fourth-order valence-corrected chi connectivity index (χ4v) is 4.26. The van der Waals surface area contributed by atoms with Crippen LogP contribution in [-0.2, 0) is 9.53 Å². The first-order valence-electron chi connectivity index (χ1n) is 9.22. The summed E-state index contributed by atoms with van der Waals surface area (Å²) < 4.78 is 6.53. The summed E-state index contributed by atoms with van der Waals surface area (Å²) in [6.45, 7) is 1.60. The van der Waals surface area contributed by atoms with Crippen LogP contribution in [0.25, 0.3) is 0 Å². The molecule has 1 amide bonds. The Bertz CT molecular complexity index is 557. The fraction of sp³-hybridized carbons (Fsp3) is 0.684. The summed E-state index contributed by atoms with van der Waals surface area (Å²) in [4.78, 5) is 16.0. The number of aromatic nitrogens is 1. The maximum absolute atomic E-state index is 11.6. The van der Waals surface area contributed by atoms with Crippen LogP contribution in [-0.4, -0.2) is 30.1 Å². The van der Waals surface area contributed by atoms with Crippen LogP contribution in [0.1, 0.15) is 63.5 Å². The highest BCUT2D eigenvalue weighted by Gasteiger charge is 2.36. The first-order chi connectivity index (χ1) is 11.7. The maximum atomic E-state index is 11.6. The van der Waals surface area contributed by atoms with Crippen molar-refractivity contribution in [2.45, 2.75) is 70.1 Å². The normalized spacial score (nSPS) is 28.3. The van der Waals surface area contributed by atoms with Gasteiger partial charge in [-0.25, -0.2) is 4.98 Å². The van der Waals surface area contributed by atoms with Gasteiger partial charge in [0.2, 0.25) is 5.91 Å². The van der Waals surface area contributed by atoms with Crippen molar-refractivity contribution in [3.8, 4) is 0 Å². The third-order valence-electron chi connectivity index (χ3n) is 5.36. The number of nitrogens with zero attached hydrogens (tertiary/aromatic N) is 1. The summed E-state index contributed by atoms with van der Waals surface area (Å²) in [6, 6.07) is 4.22. The number of carbonyl (C=O) groups excluding carboxylic acids is 1. The van der Waals surface area contributed by atoms with Crippen LogP contribution in [0.4, 0.5) is 5.82 Å². The molecule has 1 aliphatic heterocycles. The van der Waals surface area contributed by atoms with Gasteiger partial charge >= 0.3 is 0 Å². The Morgan fingerprint density at radius 1 is 1.25 bits per heavy atom. The van der Waals surface area contributed by atoms with E-state index in [4.69, 9.17) is 4.74 Å². The number of anilines is 1. The standard InChI is InChI=1S/C19H29N3O2/c1-13(23)22-15-11-17(14-7-4-3-5-8-14)24-18(12-15)16-9-6-10-21-19(16)20-2/h6,9-10,14-15,17-18H,3-5,7-8,11-12H2,1-2H3,(H,20,21)(H,22,23)/t15-,17-,18+/m0/s1. The van der Waals surface area contributed by atoms with Crippen LogP contribution in [0, 0.1) is 5.92 Å². The molecule has 2 fully saturated rings. The molecule has 0 bridgehead atoms. The van der Waals surface area contributed by atoms with E-state index in [0.29, 0.717) is 5.92 Å². The molecule has 1 saturated carbocycles. The Kier molecular flexibility index (Phi) is 5.72. The van der Waals surface area contributed by atoms with Gasteiger partial charge in [0.05, 0.1) is 12.2 Å². The molecule has 24 heavy (non-hydrogen) atoms. The molecule has 1 aromatic heterocycles. The minimum absolute atomic E-state index is 0.0151. The van der Waals surface area contributed by atoms with Crippen LogP contribution in [0.2, 0.25) is 0 Å². The number of hydrogen-bond acceptors (Lipinski definition) is 4. The lowest BCUT2D eigenvalue weighted by atomic mass is 9.80. The van der Waals surface area contributed by atoms with Gasteiger partial charge in [-0.3, -0.25) is 4.79 Å². The second-order valence-corrected chi connectivity index (χ2v) is 7.12. The first kappa shape index (κ1) is 17.2. The van der Waals surface area contributed by atoms with Crippen molar-refractivity contribution in [2.75, 3.05) is 12.4 Å². The molecule has 1 saturated heterocycles. The predicted molar refractivity (Wildman–Crippen MR) is 94.8 cm³/mol. The Morgan fingerprint density at radius 3 is 2.75 bits per heavy atom. The Balaban J connectivity index is 1.80. The minimum Gasteiger partial charge on any atom is -0.373 e. The molecule has 0 aromatic carbocycles. The zero-order valence-corrected chi connectivity index (χ0v) is 14.8. The van der Waals surface area contributed by atoms with E-state index in [0.717, 1.165) is 24.2 Å². The van der Waals surface area contributed by atoms with E-state index >= 15 is 0 Å². The topological polar surface area (TPSA) is 63.2 Å². The predicted octanol–water partition coefficient (Wildman–Crippen LogP) is 3.43. The van der Waals surface area contributed by atoms with E-state index in [1.54, 1.807) is 13.1 Å². The lowest BCUT2D eigenvalue weighted by Crippen LogP contribution is -2.45. The number of rotatable bonds is 4. The molecule has 0 radical (unpaired) electrons. The highest BCUT2D eigenvalue weighted by Crippen LogP contribution is 2.40. The Hall–Kier alpha value is -1.62. The highest BCUT2D eigenvalue weighted by atomic mass is 16.5. The van der Waals surface area contributed by atoms with E-state index in [-0.39, 0.29) is 24.2 Å². The van der Waals surface area contributed by atoms with Crippen LogP contribution < -0.4 is 10.6 Å². The van der Waals surface area contributed by atoms with Gasteiger partial charge in [0, 0.05) is 31.8 Å².